The lowest BCUT2D eigenvalue weighted by Crippen LogP contribution is -2.21. The van der Waals surface area contributed by atoms with Crippen molar-refractivity contribution >= 4 is 0 Å². The first-order chi connectivity index (χ1) is 5.84. The van der Waals surface area contributed by atoms with Gasteiger partial charge in [-0.1, -0.05) is 12.0 Å². The molecule has 68 valence electrons. The second-order valence-corrected chi connectivity index (χ2v) is 2.29. The summed E-state index contributed by atoms with van der Waals surface area (Å²) in [6.07, 6.45) is 0. The Labute approximate surface area is 70.9 Å². The normalized spacial score (nSPS) is 10.2. The van der Waals surface area contributed by atoms with Gasteiger partial charge in [-0.3, -0.25) is 0 Å². The molecule has 0 atom stereocenters. The van der Waals surface area contributed by atoms with Crippen LogP contribution in [0.4, 0.5) is 0 Å². The lowest BCUT2D eigenvalue weighted by molar-refractivity contribution is 0.278. The van der Waals surface area contributed by atoms with E-state index in [4.69, 9.17) is 4.74 Å². The van der Waals surface area contributed by atoms with Gasteiger partial charge in [-0.15, -0.1) is 0 Å². The average Bonchev–Trinajstić information content (AvgIpc) is 2.46. The molecule has 0 aliphatic heterocycles. The molecular weight excluding hydrogens is 158 g/mol. The topological polar surface area (TPSA) is 64.9 Å². The average molecular weight is 171 g/mol. The van der Waals surface area contributed by atoms with Gasteiger partial charge in [0, 0.05) is 13.6 Å². The molecule has 12 heavy (non-hydrogen) atoms. The van der Waals surface area contributed by atoms with Crippen molar-refractivity contribution in [3.8, 4) is 6.01 Å². The van der Waals surface area contributed by atoms with Crippen LogP contribution in [0.1, 0.15) is 6.92 Å². The minimum atomic E-state index is 0.452. The quantitative estimate of drug-likeness (QED) is 0.587. The Bertz CT molecular complexity index is 223. The summed E-state index contributed by atoms with van der Waals surface area (Å²) in [5, 5.41) is 13.9. The molecule has 0 aliphatic carbocycles. The minimum absolute atomic E-state index is 0.452. The lowest BCUT2D eigenvalue weighted by atomic mass is 10.6. The Morgan fingerprint density at radius 1 is 1.58 bits per heavy atom. The number of hydrogen-bond acceptors (Lipinski definition) is 5. The third kappa shape index (κ3) is 2.46. The molecule has 1 N–H and O–H groups in total. The van der Waals surface area contributed by atoms with Crippen LogP contribution in [0.25, 0.3) is 0 Å². The van der Waals surface area contributed by atoms with Crippen LogP contribution in [0.15, 0.2) is 0 Å². The number of nitrogens with one attached hydrogen (secondary N) is 1. The summed E-state index contributed by atoms with van der Waals surface area (Å²) in [6.45, 7) is 4.38. The summed E-state index contributed by atoms with van der Waals surface area (Å²) < 4.78 is 6.74. The fraction of sp³-hybridized carbons (Fsp3) is 0.833. The van der Waals surface area contributed by atoms with Gasteiger partial charge in [0.05, 0.1) is 0 Å². The van der Waals surface area contributed by atoms with E-state index in [1.807, 2.05) is 6.92 Å². The highest BCUT2D eigenvalue weighted by molar-refractivity contribution is 4.84. The highest BCUT2D eigenvalue weighted by atomic mass is 16.5. The van der Waals surface area contributed by atoms with Crippen molar-refractivity contribution in [1.29, 1.82) is 0 Å². The van der Waals surface area contributed by atoms with E-state index in [0.717, 1.165) is 13.1 Å². The van der Waals surface area contributed by atoms with Crippen LogP contribution in [0.5, 0.6) is 6.01 Å². The van der Waals surface area contributed by atoms with Gasteiger partial charge in [-0.25, -0.2) is 0 Å². The van der Waals surface area contributed by atoms with Crippen LogP contribution in [0, 0.1) is 0 Å². The number of aromatic nitrogens is 4. The summed E-state index contributed by atoms with van der Waals surface area (Å²) in [7, 11) is 1.74. The first-order valence-corrected chi connectivity index (χ1v) is 3.90. The third-order valence-electron chi connectivity index (χ3n) is 1.34. The molecule has 6 heteroatoms. The van der Waals surface area contributed by atoms with Gasteiger partial charge < -0.3 is 10.1 Å². The molecular formula is C6H13N5O. The van der Waals surface area contributed by atoms with Crippen LogP contribution in [0.2, 0.25) is 0 Å². The molecule has 0 aromatic carbocycles. The Hall–Kier alpha value is -1.17. The standard InChI is InChI=1S/C6H13N5O/c1-3-7-4-5-12-6-8-9-10-11(6)2/h7H,3-5H2,1-2H3. The van der Waals surface area contributed by atoms with Gasteiger partial charge in [-0.05, 0) is 17.0 Å². The Morgan fingerprint density at radius 3 is 3.00 bits per heavy atom. The van der Waals surface area contributed by atoms with Crippen molar-refractivity contribution in [2.45, 2.75) is 6.92 Å². The monoisotopic (exact) mass is 171 g/mol. The number of rotatable bonds is 5. The predicted molar refractivity (Wildman–Crippen MR) is 42.8 cm³/mol. The van der Waals surface area contributed by atoms with Gasteiger partial charge in [0.15, 0.2) is 0 Å². The summed E-state index contributed by atoms with van der Waals surface area (Å²) in [6, 6.07) is 0.452. The van der Waals surface area contributed by atoms with Crippen molar-refractivity contribution in [3.63, 3.8) is 0 Å². The Balaban J connectivity index is 2.20. The summed E-state index contributed by atoms with van der Waals surface area (Å²) >= 11 is 0. The first-order valence-electron chi connectivity index (χ1n) is 3.90. The highest BCUT2D eigenvalue weighted by Crippen LogP contribution is 1.97. The number of aryl methyl sites for hydroxylation is 1. The summed E-state index contributed by atoms with van der Waals surface area (Å²) in [5.41, 5.74) is 0. The van der Waals surface area contributed by atoms with E-state index in [-0.39, 0.29) is 0 Å². The SMILES string of the molecule is CCNCCOc1nnnn1C. The van der Waals surface area contributed by atoms with Crippen molar-refractivity contribution in [1.82, 2.24) is 25.5 Å². The molecule has 0 saturated carbocycles. The Kier molecular flexibility index (Phi) is 3.46. The van der Waals surface area contributed by atoms with E-state index in [0.29, 0.717) is 12.6 Å². The van der Waals surface area contributed by atoms with E-state index in [9.17, 15) is 0 Å². The predicted octanol–water partition coefficient (Wildman–Crippen LogP) is -0.802. The molecule has 0 radical (unpaired) electrons. The van der Waals surface area contributed by atoms with Gasteiger partial charge in [0.25, 0.3) is 0 Å². The molecule has 1 aromatic rings. The van der Waals surface area contributed by atoms with E-state index >= 15 is 0 Å². The molecule has 0 aliphatic rings. The molecule has 1 heterocycles. The number of hydrogen-bond donors (Lipinski definition) is 1. The molecule has 0 amide bonds. The first kappa shape index (κ1) is 8.92. The van der Waals surface area contributed by atoms with Crippen LogP contribution in [0.3, 0.4) is 0 Å². The summed E-state index contributed by atoms with van der Waals surface area (Å²) in [5.74, 6) is 0. The van der Waals surface area contributed by atoms with Gasteiger partial charge >= 0.3 is 6.01 Å². The second-order valence-electron chi connectivity index (χ2n) is 2.29. The maximum Gasteiger partial charge on any atom is 0.335 e. The molecule has 0 spiro atoms. The number of nitrogens with zero attached hydrogens (tertiary/aromatic N) is 4. The van der Waals surface area contributed by atoms with Crippen molar-refractivity contribution in [3.05, 3.63) is 0 Å². The fourth-order valence-electron chi connectivity index (χ4n) is 0.735. The van der Waals surface area contributed by atoms with Crippen LogP contribution < -0.4 is 10.1 Å². The lowest BCUT2D eigenvalue weighted by Gasteiger charge is -2.02. The number of likely N-dealkylation sites (N-methyl/N-ethyl adjacent to an activating group) is 1. The van der Waals surface area contributed by atoms with Gasteiger partial charge in [-0.2, -0.15) is 4.68 Å². The third-order valence-corrected chi connectivity index (χ3v) is 1.34. The zero-order chi connectivity index (χ0) is 8.81. The minimum Gasteiger partial charge on any atom is -0.461 e. The van der Waals surface area contributed by atoms with Crippen molar-refractivity contribution in [2.75, 3.05) is 19.7 Å². The van der Waals surface area contributed by atoms with E-state index < -0.39 is 0 Å². The Morgan fingerprint density at radius 2 is 2.42 bits per heavy atom. The highest BCUT2D eigenvalue weighted by Gasteiger charge is 2.00. The maximum absolute atomic E-state index is 5.24. The molecule has 6 nitrogen and oxygen atoms in total. The van der Waals surface area contributed by atoms with E-state index in [1.165, 1.54) is 4.68 Å². The van der Waals surface area contributed by atoms with E-state index in [1.54, 1.807) is 7.05 Å². The van der Waals surface area contributed by atoms with Crippen molar-refractivity contribution in [2.24, 2.45) is 7.05 Å². The second kappa shape index (κ2) is 4.66. The zero-order valence-corrected chi connectivity index (χ0v) is 7.32. The molecule has 0 fully saturated rings. The summed E-state index contributed by atoms with van der Waals surface area (Å²) in [4.78, 5) is 0. The van der Waals surface area contributed by atoms with Gasteiger partial charge in [0.1, 0.15) is 6.61 Å². The van der Waals surface area contributed by atoms with Crippen molar-refractivity contribution < 1.29 is 4.74 Å². The smallest absolute Gasteiger partial charge is 0.335 e. The number of tetrazole rings is 1. The molecule has 0 unspecified atom stereocenters. The van der Waals surface area contributed by atoms with Gasteiger partial charge in [0.2, 0.25) is 0 Å². The fourth-order valence-corrected chi connectivity index (χ4v) is 0.735. The number of ether oxygens (including phenoxy) is 1. The molecule has 0 bridgehead atoms. The van der Waals surface area contributed by atoms with E-state index in [2.05, 4.69) is 20.8 Å². The largest absolute Gasteiger partial charge is 0.461 e. The van der Waals surface area contributed by atoms with Crippen LogP contribution in [-0.2, 0) is 7.05 Å². The molecule has 1 aromatic heterocycles. The molecule has 0 saturated heterocycles. The molecule has 1 rings (SSSR count). The van der Waals surface area contributed by atoms with Crippen LogP contribution in [-0.4, -0.2) is 39.9 Å². The van der Waals surface area contributed by atoms with Crippen LogP contribution >= 0.6 is 0 Å². The maximum atomic E-state index is 5.24. The zero-order valence-electron chi connectivity index (χ0n) is 7.32.